The second kappa shape index (κ2) is 7.91. The number of aromatic nitrogens is 4. The largest absolute Gasteiger partial charge is 0.360 e. The van der Waals surface area contributed by atoms with Crippen LogP contribution in [0.5, 0.6) is 0 Å². The third-order valence-electron chi connectivity index (χ3n) is 4.03. The number of thioether (sulfide) groups is 1. The number of fused-ring (bicyclic) bond motifs is 1. The van der Waals surface area contributed by atoms with Crippen LogP contribution in [0.3, 0.4) is 0 Å². The number of carbonyl (C=O) groups excluding carboxylic acids is 1. The third-order valence-corrected chi connectivity index (χ3v) is 6.30. The molecule has 3 heterocycles. The van der Waals surface area contributed by atoms with Crippen LogP contribution in [0.4, 0.5) is 0 Å². The summed E-state index contributed by atoms with van der Waals surface area (Å²) in [6.45, 7) is 3.54. The Morgan fingerprint density at radius 2 is 2.03 bits per heavy atom. The maximum Gasteiger partial charge on any atom is 0.285 e. The number of hydrogen-bond acceptors (Lipinski definition) is 7. The van der Waals surface area contributed by atoms with E-state index in [2.05, 4.69) is 20.1 Å². The minimum atomic E-state index is -0.521. The van der Waals surface area contributed by atoms with Crippen molar-refractivity contribution in [2.24, 2.45) is 4.99 Å². The molecule has 11 heteroatoms. The van der Waals surface area contributed by atoms with Crippen molar-refractivity contribution < 1.29 is 9.32 Å². The van der Waals surface area contributed by atoms with Crippen molar-refractivity contribution in [2.45, 2.75) is 18.9 Å². The second-order valence-electron chi connectivity index (χ2n) is 6.02. The Hall–Kier alpha value is -2.20. The van der Waals surface area contributed by atoms with Crippen LogP contribution in [-0.2, 0) is 0 Å². The zero-order chi connectivity index (χ0) is 20.7. The van der Waals surface area contributed by atoms with Crippen molar-refractivity contribution in [3.8, 4) is 11.3 Å². The number of carbonyl (C=O) groups is 1. The van der Waals surface area contributed by atoms with Crippen molar-refractivity contribution in [3.63, 3.8) is 0 Å². The molecular weight excluding hydrogens is 453 g/mol. The molecule has 0 aliphatic carbocycles. The molecule has 1 aromatic carbocycles. The highest BCUT2D eigenvalue weighted by molar-refractivity contribution is 7.98. The predicted molar refractivity (Wildman–Crippen MR) is 114 cm³/mol. The van der Waals surface area contributed by atoms with Crippen LogP contribution in [0.15, 0.2) is 38.8 Å². The van der Waals surface area contributed by atoms with Crippen LogP contribution >= 0.6 is 46.5 Å². The van der Waals surface area contributed by atoms with Gasteiger partial charge in [0.15, 0.2) is 0 Å². The highest BCUT2D eigenvalue weighted by atomic mass is 35.5. The molecule has 148 valence electrons. The molecule has 3 aromatic heterocycles. The maximum absolute atomic E-state index is 13.0. The summed E-state index contributed by atoms with van der Waals surface area (Å²) >= 11 is 15.0. The first-order chi connectivity index (χ1) is 13.9. The first-order valence-corrected chi connectivity index (χ1v) is 11.0. The van der Waals surface area contributed by atoms with Crippen LogP contribution in [0.2, 0.25) is 10.0 Å². The van der Waals surface area contributed by atoms with Gasteiger partial charge in [-0.15, -0.1) is 11.8 Å². The number of nitrogens with zero attached hydrogens (tertiary/aromatic N) is 5. The quantitative estimate of drug-likeness (QED) is 0.318. The third kappa shape index (κ3) is 3.83. The van der Waals surface area contributed by atoms with E-state index in [1.165, 1.54) is 11.5 Å². The molecular formula is C18H13Cl2N5O2S2. The lowest BCUT2D eigenvalue weighted by Crippen LogP contribution is -2.06. The van der Waals surface area contributed by atoms with Gasteiger partial charge in [0.2, 0.25) is 10.6 Å². The van der Waals surface area contributed by atoms with Crippen LogP contribution in [0.25, 0.3) is 17.0 Å². The Balaban J connectivity index is 1.82. The van der Waals surface area contributed by atoms with E-state index in [1.54, 1.807) is 36.9 Å². The highest BCUT2D eigenvalue weighted by Crippen LogP contribution is 2.33. The number of benzene rings is 1. The van der Waals surface area contributed by atoms with Gasteiger partial charge < -0.3 is 4.52 Å². The lowest BCUT2D eigenvalue weighted by atomic mass is 10.1. The van der Waals surface area contributed by atoms with E-state index in [-0.39, 0.29) is 10.4 Å². The van der Waals surface area contributed by atoms with E-state index < -0.39 is 5.91 Å². The van der Waals surface area contributed by atoms with Gasteiger partial charge in [0.05, 0.1) is 10.0 Å². The Morgan fingerprint density at radius 3 is 2.76 bits per heavy atom. The monoisotopic (exact) mass is 465 g/mol. The average Bonchev–Trinajstić information content (AvgIpc) is 3.23. The standard InChI is InChI=1S/C18H13Cl2N5O2S2/c1-8-6-13(28-3)25-17(21-8)23-18(29-25)22-16(26)14-9(2)27-24-15(14)11-5-4-10(19)7-12(11)20/h4-7H,1-3H3. The minimum Gasteiger partial charge on any atom is -0.360 e. The molecule has 0 aliphatic heterocycles. The SMILES string of the molecule is CSc1cc(C)nc2nc(=NC(=O)c3c(-c4ccc(Cl)cc4Cl)noc3C)sn12. The molecule has 0 saturated carbocycles. The van der Waals surface area contributed by atoms with Crippen LogP contribution < -0.4 is 4.80 Å². The van der Waals surface area contributed by atoms with Gasteiger partial charge in [-0.05, 0) is 55.9 Å². The molecule has 0 spiro atoms. The van der Waals surface area contributed by atoms with Crippen LogP contribution in [-0.4, -0.2) is 31.1 Å². The zero-order valence-electron chi connectivity index (χ0n) is 15.4. The van der Waals surface area contributed by atoms with Crippen molar-refractivity contribution in [2.75, 3.05) is 6.26 Å². The van der Waals surface area contributed by atoms with E-state index in [0.29, 0.717) is 32.8 Å². The minimum absolute atomic E-state index is 0.229. The summed E-state index contributed by atoms with van der Waals surface area (Å²) in [4.78, 5) is 26.2. The molecule has 29 heavy (non-hydrogen) atoms. The van der Waals surface area contributed by atoms with Gasteiger partial charge in [-0.1, -0.05) is 28.4 Å². The zero-order valence-corrected chi connectivity index (χ0v) is 18.6. The first-order valence-electron chi connectivity index (χ1n) is 8.30. The van der Waals surface area contributed by atoms with Crippen molar-refractivity contribution in [3.05, 3.63) is 56.1 Å². The number of hydrogen-bond donors (Lipinski definition) is 0. The highest BCUT2D eigenvalue weighted by Gasteiger charge is 2.23. The first kappa shape index (κ1) is 20.1. The van der Waals surface area contributed by atoms with E-state index in [9.17, 15) is 4.79 Å². The summed E-state index contributed by atoms with van der Waals surface area (Å²) in [6.07, 6.45) is 1.96. The average molecular weight is 466 g/mol. The fourth-order valence-corrected chi connectivity index (χ4v) is 4.82. The number of aryl methyl sites for hydroxylation is 2. The fraction of sp³-hybridized carbons (Fsp3) is 0.167. The maximum atomic E-state index is 13.0. The Labute approximate surface area is 183 Å². The van der Waals surface area contributed by atoms with Crippen molar-refractivity contribution in [1.82, 2.24) is 18.9 Å². The summed E-state index contributed by atoms with van der Waals surface area (Å²) in [5.74, 6) is 0.313. The summed E-state index contributed by atoms with van der Waals surface area (Å²) in [5.41, 5.74) is 1.91. The molecule has 0 radical (unpaired) electrons. The molecule has 1 amide bonds. The molecule has 0 unspecified atom stereocenters. The molecule has 0 atom stereocenters. The molecule has 4 rings (SSSR count). The van der Waals surface area contributed by atoms with Gasteiger partial charge in [0.25, 0.3) is 5.91 Å². The smallest absolute Gasteiger partial charge is 0.285 e. The molecule has 4 aromatic rings. The Morgan fingerprint density at radius 1 is 1.24 bits per heavy atom. The normalized spacial score (nSPS) is 12.1. The van der Waals surface area contributed by atoms with Gasteiger partial charge >= 0.3 is 0 Å². The van der Waals surface area contributed by atoms with E-state index >= 15 is 0 Å². The fourth-order valence-electron chi connectivity index (χ4n) is 2.73. The van der Waals surface area contributed by atoms with Gasteiger partial charge in [0, 0.05) is 16.3 Å². The van der Waals surface area contributed by atoms with Gasteiger partial charge in [-0.3, -0.25) is 4.79 Å². The predicted octanol–water partition coefficient (Wildman–Crippen LogP) is 4.83. The lowest BCUT2D eigenvalue weighted by Gasteiger charge is -2.02. The molecule has 0 saturated heterocycles. The van der Waals surface area contributed by atoms with Crippen molar-refractivity contribution in [1.29, 1.82) is 0 Å². The van der Waals surface area contributed by atoms with Crippen molar-refractivity contribution >= 4 is 58.2 Å². The molecule has 0 aliphatic rings. The van der Waals surface area contributed by atoms with Crippen LogP contribution in [0.1, 0.15) is 21.8 Å². The molecule has 0 bridgehead atoms. The summed E-state index contributed by atoms with van der Waals surface area (Å²) in [7, 11) is 0. The number of halogens is 2. The topological polar surface area (TPSA) is 85.6 Å². The van der Waals surface area contributed by atoms with Crippen LogP contribution in [0, 0.1) is 13.8 Å². The summed E-state index contributed by atoms with van der Waals surface area (Å²) in [6, 6.07) is 6.88. The Bertz CT molecular complexity index is 1330. The number of rotatable bonds is 3. The molecule has 0 N–H and O–H groups in total. The summed E-state index contributed by atoms with van der Waals surface area (Å²) < 4.78 is 7.08. The van der Waals surface area contributed by atoms with Gasteiger partial charge in [0.1, 0.15) is 17.0 Å². The summed E-state index contributed by atoms with van der Waals surface area (Å²) in [5, 5.41) is 5.81. The lowest BCUT2D eigenvalue weighted by molar-refractivity contribution is 0.0997. The van der Waals surface area contributed by atoms with E-state index in [1.807, 2.05) is 23.0 Å². The Kier molecular flexibility index (Phi) is 5.48. The van der Waals surface area contributed by atoms with Gasteiger partial charge in [-0.2, -0.15) is 9.98 Å². The second-order valence-corrected chi connectivity index (χ2v) is 8.61. The number of amides is 1. The van der Waals surface area contributed by atoms with E-state index in [0.717, 1.165) is 10.7 Å². The molecule has 7 nitrogen and oxygen atoms in total. The van der Waals surface area contributed by atoms with E-state index in [4.69, 9.17) is 27.7 Å². The molecule has 0 fully saturated rings. The van der Waals surface area contributed by atoms with Gasteiger partial charge in [-0.25, -0.2) is 8.77 Å².